The van der Waals surface area contributed by atoms with Gasteiger partial charge < -0.3 is 20.5 Å². The lowest BCUT2D eigenvalue weighted by Gasteiger charge is -2.35. The van der Waals surface area contributed by atoms with Crippen LogP contribution in [0.25, 0.3) is 0 Å². The molecule has 1 unspecified atom stereocenters. The maximum atomic E-state index is 9.47. The van der Waals surface area contributed by atoms with Crippen molar-refractivity contribution in [2.45, 2.75) is 45.3 Å². The summed E-state index contributed by atoms with van der Waals surface area (Å²) in [5.41, 5.74) is 5.87. The normalized spacial score (nSPS) is 20.4. The number of hydrogen-bond acceptors (Lipinski definition) is 6. The molecule has 102 valence electrons. The number of aliphatic hydroxyl groups is 1. The number of ether oxygens (including phenoxy) is 1. The fourth-order valence-corrected chi connectivity index (χ4v) is 3.12. The molecule has 1 aliphatic heterocycles. The Kier molecular flexibility index (Phi) is 4.29. The van der Waals surface area contributed by atoms with Gasteiger partial charge in [-0.3, -0.25) is 0 Å². The van der Waals surface area contributed by atoms with E-state index in [1.54, 1.807) is 0 Å². The number of hydrogen-bond donors (Lipinski definition) is 2. The van der Waals surface area contributed by atoms with Gasteiger partial charge in [0.05, 0.1) is 18.8 Å². The van der Waals surface area contributed by atoms with Crippen LogP contribution in [0.1, 0.15) is 33.1 Å². The molecule has 1 aliphatic rings. The van der Waals surface area contributed by atoms with Gasteiger partial charge in [-0.15, -0.1) is 0 Å². The lowest BCUT2D eigenvalue weighted by Crippen LogP contribution is -2.41. The second-order valence-corrected chi connectivity index (χ2v) is 5.65. The lowest BCUT2D eigenvalue weighted by atomic mass is 10.0. The van der Waals surface area contributed by atoms with Gasteiger partial charge in [0.25, 0.3) is 0 Å². The van der Waals surface area contributed by atoms with E-state index in [9.17, 15) is 5.11 Å². The number of nitrogens with zero attached hydrogens (tertiary/aromatic N) is 2. The van der Waals surface area contributed by atoms with Crippen molar-refractivity contribution in [2.24, 2.45) is 0 Å². The molecule has 0 bridgehead atoms. The fraction of sp³-hybridized carbons (Fsp3) is 0.750. The van der Waals surface area contributed by atoms with Gasteiger partial charge in [0.1, 0.15) is 0 Å². The van der Waals surface area contributed by atoms with Gasteiger partial charge >= 0.3 is 0 Å². The van der Waals surface area contributed by atoms with Crippen LogP contribution in [0.2, 0.25) is 0 Å². The smallest absolute Gasteiger partial charge is 0.198 e. The summed E-state index contributed by atoms with van der Waals surface area (Å²) in [5.74, 6) is 1.13. The van der Waals surface area contributed by atoms with Crippen LogP contribution in [-0.4, -0.2) is 34.8 Å². The van der Waals surface area contributed by atoms with Gasteiger partial charge in [0.2, 0.25) is 0 Å². The first-order valence-electron chi connectivity index (χ1n) is 6.42. The second-order valence-electron chi connectivity index (χ2n) is 4.89. The van der Waals surface area contributed by atoms with E-state index in [1.807, 2.05) is 13.8 Å². The predicted molar refractivity (Wildman–Crippen MR) is 74.4 cm³/mol. The van der Waals surface area contributed by atoms with Crippen LogP contribution in [0.3, 0.4) is 0 Å². The van der Waals surface area contributed by atoms with Crippen molar-refractivity contribution in [3.63, 3.8) is 0 Å². The van der Waals surface area contributed by atoms with E-state index in [1.165, 1.54) is 11.5 Å². The minimum atomic E-state index is 0.0693. The van der Waals surface area contributed by atoms with Crippen LogP contribution in [-0.2, 0) is 0 Å². The van der Waals surface area contributed by atoms with Gasteiger partial charge in [-0.05, 0) is 44.6 Å². The number of rotatable bonds is 4. The standard InChI is InChI=1S/C12H21N3O2S/c1-8(2)17-10-11(13)14-18-12(10)15-6-4-3-5-9(15)7-16/h8-9,16H,3-7H2,1-2H3,(H2,13,14). The van der Waals surface area contributed by atoms with Crippen molar-refractivity contribution in [2.75, 3.05) is 23.8 Å². The number of nitrogens with two attached hydrogens (primary N) is 1. The lowest BCUT2D eigenvalue weighted by molar-refractivity contribution is 0.232. The molecule has 1 aromatic heterocycles. The Morgan fingerprint density at radius 3 is 3.00 bits per heavy atom. The highest BCUT2D eigenvalue weighted by Gasteiger charge is 2.28. The molecule has 1 fully saturated rings. The molecule has 1 atom stereocenters. The largest absolute Gasteiger partial charge is 0.484 e. The monoisotopic (exact) mass is 271 g/mol. The van der Waals surface area contributed by atoms with Gasteiger partial charge in [-0.2, -0.15) is 4.37 Å². The molecular formula is C12H21N3O2S. The van der Waals surface area contributed by atoms with Crippen LogP contribution in [0.15, 0.2) is 0 Å². The van der Waals surface area contributed by atoms with E-state index < -0.39 is 0 Å². The molecule has 0 spiro atoms. The molecule has 0 aromatic carbocycles. The minimum absolute atomic E-state index is 0.0693. The number of aliphatic hydroxyl groups excluding tert-OH is 1. The fourth-order valence-electron chi connectivity index (χ4n) is 2.27. The molecule has 1 saturated heterocycles. The van der Waals surface area contributed by atoms with E-state index in [4.69, 9.17) is 10.5 Å². The van der Waals surface area contributed by atoms with Crippen molar-refractivity contribution >= 4 is 22.4 Å². The zero-order valence-corrected chi connectivity index (χ0v) is 11.7. The molecule has 0 aliphatic carbocycles. The molecule has 5 nitrogen and oxygen atoms in total. The Bertz CT molecular complexity index is 395. The van der Waals surface area contributed by atoms with Crippen LogP contribution in [0.5, 0.6) is 5.75 Å². The van der Waals surface area contributed by atoms with Gasteiger partial charge in [0, 0.05) is 6.54 Å². The molecule has 0 amide bonds. The summed E-state index contributed by atoms with van der Waals surface area (Å²) in [5, 5.41) is 10.4. The molecule has 2 heterocycles. The minimum Gasteiger partial charge on any atom is -0.484 e. The molecule has 0 radical (unpaired) electrons. The quantitative estimate of drug-likeness (QED) is 0.874. The average Bonchev–Trinajstić information content (AvgIpc) is 2.70. The first-order chi connectivity index (χ1) is 8.63. The predicted octanol–water partition coefficient (Wildman–Crippen LogP) is 1.86. The molecule has 3 N–H and O–H groups in total. The molecular weight excluding hydrogens is 250 g/mol. The highest BCUT2D eigenvalue weighted by Crippen LogP contribution is 2.41. The molecule has 2 rings (SSSR count). The number of anilines is 2. The van der Waals surface area contributed by atoms with Crippen molar-refractivity contribution in [1.82, 2.24) is 4.37 Å². The molecule has 1 aromatic rings. The third-order valence-corrected chi connectivity index (χ3v) is 3.99. The summed E-state index contributed by atoms with van der Waals surface area (Å²) in [7, 11) is 0. The second kappa shape index (κ2) is 5.75. The molecule has 0 saturated carbocycles. The molecule has 6 heteroatoms. The number of nitrogen functional groups attached to an aromatic ring is 1. The third-order valence-electron chi connectivity index (χ3n) is 3.11. The van der Waals surface area contributed by atoms with E-state index in [2.05, 4.69) is 9.27 Å². The first kappa shape index (κ1) is 13.4. The SMILES string of the molecule is CC(C)Oc1c(N)nsc1N1CCCCC1CO. The van der Waals surface area contributed by atoms with Crippen LogP contribution in [0, 0.1) is 0 Å². The first-order valence-corrected chi connectivity index (χ1v) is 7.20. The van der Waals surface area contributed by atoms with E-state index in [-0.39, 0.29) is 18.8 Å². The summed E-state index contributed by atoms with van der Waals surface area (Å²) in [6, 6.07) is 0.160. The van der Waals surface area contributed by atoms with Crippen LogP contribution in [0.4, 0.5) is 10.8 Å². The highest BCUT2D eigenvalue weighted by atomic mass is 32.1. The third kappa shape index (κ3) is 2.70. The zero-order chi connectivity index (χ0) is 13.1. The maximum absolute atomic E-state index is 9.47. The summed E-state index contributed by atoms with van der Waals surface area (Å²) in [6.45, 7) is 5.04. The topological polar surface area (TPSA) is 71.6 Å². The van der Waals surface area contributed by atoms with E-state index in [0.29, 0.717) is 11.6 Å². The highest BCUT2D eigenvalue weighted by molar-refractivity contribution is 7.11. The Balaban J connectivity index is 2.25. The van der Waals surface area contributed by atoms with Gasteiger partial charge in [0.15, 0.2) is 16.6 Å². The van der Waals surface area contributed by atoms with Crippen molar-refractivity contribution in [3.05, 3.63) is 0 Å². The maximum Gasteiger partial charge on any atom is 0.198 e. The summed E-state index contributed by atoms with van der Waals surface area (Å²) >= 11 is 1.36. The number of aromatic nitrogens is 1. The summed E-state index contributed by atoms with van der Waals surface area (Å²) in [4.78, 5) is 2.19. The summed E-state index contributed by atoms with van der Waals surface area (Å²) in [6.07, 6.45) is 3.38. The Labute approximate surface area is 112 Å². The van der Waals surface area contributed by atoms with Crippen molar-refractivity contribution in [1.29, 1.82) is 0 Å². The van der Waals surface area contributed by atoms with E-state index >= 15 is 0 Å². The van der Waals surface area contributed by atoms with E-state index in [0.717, 1.165) is 30.8 Å². The van der Waals surface area contributed by atoms with Crippen molar-refractivity contribution < 1.29 is 9.84 Å². The Morgan fingerprint density at radius 1 is 1.56 bits per heavy atom. The van der Waals surface area contributed by atoms with Gasteiger partial charge in [-0.1, -0.05) is 0 Å². The Morgan fingerprint density at radius 2 is 2.33 bits per heavy atom. The van der Waals surface area contributed by atoms with Crippen LogP contribution < -0.4 is 15.4 Å². The average molecular weight is 271 g/mol. The van der Waals surface area contributed by atoms with Gasteiger partial charge in [-0.25, -0.2) is 0 Å². The zero-order valence-electron chi connectivity index (χ0n) is 10.9. The Hall–Kier alpha value is -1.01. The van der Waals surface area contributed by atoms with Crippen LogP contribution >= 0.6 is 11.5 Å². The number of piperidine rings is 1. The van der Waals surface area contributed by atoms with Crippen molar-refractivity contribution in [3.8, 4) is 5.75 Å². The molecule has 18 heavy (non-hydrogen) atoms. The summed E-state index contributed by atoms with van der Waals surface area (Å²) < 4.78 is 9.95.